The third kappa shape index (κ3) is 4.35. The number of benzene rings is 1. The monoisotopic (exact) mass is 409 g/mol. The molecule has 0 unspecified atom stereocenters. The standard InChI is InChI=1S/C20H19N5O3S/c1-12-15(22-20(28-12)16-4-3-9-29-16)10-18(26)21-11-17-23-19(25-24-17)13-5-7-14(27-2)8-6-13/h3-9H,10-11H2,1-2H3,(H,21,26)(H,23,24,25). The summed E-state index contributed by atoms with van der Waals surface area (Å²) in [5, 5.41) is 11.8. The lowest BCUT2D eigenvalue weighted by atomic mass is 10.2. The van der Waals surface area contributed by atoms with E-state index in [0.29, 0.717) is 29.0 Å². The summed E-state index contributed by atoms with van der Waals surface area (Å²) in [7, 11) is 1.62. The lowest BCUT2D eigenvalue weighted by Crippen LogP contribution is -2.25. The summed E-state index contributed by atoms with van der Waals surface area (Å²) in [5.74, 6) is 2.92. The molecule has 1 aromatic carbocycles. The first-order valence-corrected chi connectivity index (χ1v) is 9.83. The van der Waals surface area contributed by atoms with Gasteiger partial charge in [0.05, 0.1) is 30.6 Å². The third-order valence-corrected chi connectivity index (χ3v) is 5.14. The van der Waals surface area contributed by atoms with Gasteiger partial charge in [0.15, 0.2) is 5.82 Å². The van der Waals surface area contributed by atoms with Crippen molar-refractivity contribution in [3.05, 3.63) is 59.1 Å². The van der Waals surface area contributed by atoms with Crippen LogP contribution >= 0.6 is 11.3 Å². The van der Waals surface area contributed by atoms with Crippen molar-refractivity contribution in [2.45, 2.75) is 19.9 Å². The number of rotatable bonds is 7. The number of hydrogen-bond acceptors (Lipinski definition) is 7. The van der Waals surface area contributed by atoms with Crippen molar-refractivity contribution < 1.29 is 13.9 Å². The Kier molecular flexibility index (Phi) is 5.39. The van der Waals surface area contributed by atoms with Crippen molar-refractivity contribution in [1.82, 2.24) is 25.5 Å². The lowest BCUT2D eigenvalue weighted by molar-refractivity contribution is -0.120. The Labute approximate surface area is 171 Å². The van der Waals surface area contributed by atoms with Gasteiger partial charge in [-0.2, -0.15) is 5.10 Å². The first-order valence-electron chi connectivity index (χ1n) is 8.95. The van der Waals surface area contributed by atoms with Crippen LogP contribution in [0.4, 0.5) is 0 Å². The van der Waals surface area contributed by atoms with Crippen LogP contribution in [0.25, 0.3) is 22.2 Å². The topological polar surface area (TPSA) is 106 Å². The highest BCUT2D eigenvalue weighted by Gasteiger charge is 2.15. The number of aromatic nitrogens is 4. The van der Waals surface area contributed by atoms with Crippen molar-refractivity contribution in [2.24, 2.45) is 0 Å². The van der Waals surface area contributed by atoms with E-state index in [2.05, 4.69) is 25.5 Å². The van der Waals surface area contributed by atoms with Crippen LogP contribution in [0.1, 0.15) is 17.3 Å². The second kappa shape index (κ2) is 8.27. The van der Waals surface area contributed by atoms with E-state index in [1.54, 1.807) is 18.4 Å². The second-order valence-electron chi connectivity index (χ2n) is 6.29. The zero-order chi connectivity index (χ0) is 20.2. The van der Waals surface area contributed by atoms with Gasteiger partial charge in [0, 0.05) is 5.56 Å². The molecule has 0 atom stereocenters. The van der Waals surface area contributed by atoms with E-state index in [0.717, 1.165) is 16.2 Å². The normalized spacial score (nSPS) is 10.8. The van der Waals surface area contributed by atoms with Crippen molar-refractivity contribution in [3.8, 4) is 27.9 Å². The minimum Gasteiger partial charge on any atom is -0.497 e. The SMILES string of the molecule is COc1ccc(-c2n[nH]c(CNC(=O)Cc3nc(-c4cccs4)oc3C)n2)cc1. The van der Waals surface area contributed by atoms with E-state index in [-0.39, 0.29) is 18.9 Å². The summed E-state index contributed by atoms with van der Waals surface area (Å²) in [5.41, 5.74) is 1.49. The highest BCUT2D eigenvalue weighted by Crippen LogP contribution is 2.26. The van der Waals surface area contributed by atoms with Gasteiger partial charge in [-0.1, -0.05) is 6.07 Å². The molecule has 0 fully saturated rings. The molecule has 0 saturated heterocycles. The minimum atomic E-state index is -0.165. The Balaban J connectivity index is 1.35. The van der Waals surface area contributed by atoms with Gasteiger partial charge >= 0.3 is 0 Å². The number of aryl methyl sites for hydroxylation is 1. The largest absolute Gasteiger partial charge is 0.497 e. The number of nitrogens with zero attached hydrogens (tertiary/aromatic N) is 3. The van der Waals surface area contributed by atoms with E-state index >= 15 is 0 Å². The van der Waals surface area contributed by atoms with E-state index in [1.165, 1.54) is 0 Å². The lowest BCUT2D eigenvalue weighted by Gasteiger charge is -2.01. The van der Waals surface area contributed by atoms with Gasteiger partial charge in [-0.3, -0.25) is 9.89 Å². The second-order valence-corrected chi connectivity index (χ2v) is 7.23. The zero-order valence-corrected chi connectivity index (χ0v) is 16.7. The number of nitrogens with one attached hydrogen (secondary N) is 2. The maximum Gasteiger partial charge on any atom is 0.236 e. The number of H-pyrrole nitrogens is 1. The van der Waals surface area contributed by atoms with Gasteiger partial charge in [-0.25, -0.2) is 9.97 Å². The molecule has 148 valence electrons. The van der Waals surface area contributed by atoms with Crippen molar-refractivity contribution in [1.29, 1.82) is 0 Å². The molecule has 0 spiro atoms. The van der Waals surface area contributed by atoms with Crippen LogP contribution in [-0.2, 0) is 17.8 Å². The van der Waals surface area contributed by atoms with Crippen LogP contribution in [-0.4, -0.2) is 33.2 Å². The molecule has 1 amide bonds. The molecule has 0 aliphatic heterocycles. The minimum absolute atomic E-state index is 0.139. The molecule has 9 heteroatoms. The number of carbonyl (C=O) groups excluding carboxylic acids is 1. The van der Waals surface area contributed by atoms with Crippen LogP contribution in [0, 0.1) is 6.92 Å². The fourth-order valence-electron chi connectivity index (χ4n) is 2.74. The van der Waals surface area contributed by atoms with Gasteiger partial charge in [-0.15, -0.1) is 11.3 Å². The molecular formula is C20H19N5O3S. The highest BCUT2D eigenvalue weighted by molar-refractivity contribution is 7.13. The summed E-state index contributed by atoms with van der Waals surface area (Å²) in [6, 6.07) is 11.3. The molecule has 4 rings (SSSR count). The molecule has 0 aliphatic carbocycles. The zero-order valence-electron chi connectivity index (χ0n) is 15.9. The number of ether oxygens (including phenoxy) is 1. The number of aromatic amines is 1. The van der Waals surface area contributed by atoms with Crippen molar-refractivity contribution in [3.63, 3.8) is 0 Å². The number of amides is 1. The van der Waals surface area contributed by atoms with Gasteiger partial charge < -0.3 is 14.5 Å². The quantitative estimate of drug-likeness (QED) is 0.485. The third-order valence-electron chi connectivity index (χ3n) is 4.29. The molecule has 3 aromatic heterocycles. The van der Waals surface area contributed by atoms with Gasteiger partial charge in [0.2, 0.25) is 11.8 Å². The van der Waals surface area contributed by atoms with Crippen LogP contribution in [0.15, 0.2) is 46.2 Å². The summed E-state index contributed by atoms with van der Waals surface area (Å²) < 4.78 is 10.8. The maximum atomic E-state index is 12.3. The number of oxazole rings is 1. The molecule has 3 heterocycles. The van der Waals surface area contributed by atoms with Crippen LogP contribution in [0.3, 0.4) is 0 Å². The van der Waals surface area contributed by atoms with Crippen LogP contribution in [0.2, 0.25) is 0 Å². The maximum absolute atomic E-state index is 12.3. The van der Waals surface area contributed by atoms with Crippen LogP contribution in [0.5, 0.6) is 5.75 Å². The Hall–Kier alpha value is -3.46. The first kappa shape index (κ1) is 18.9. The fraction of sp³-hybridized carbons (Fsp3) is 0.200. The number of thiophene rings is 1. The van der Waals surface area contributed by atoms with Crippen molar-refractivity contribution in [2.75, 3.05) is 7.11 Å². The van der Waals surface area contributed by atoms with E-state index in [9.17, 15) is 4.79 Å². The molecule has 0 radical (unpaired) electrons. The number of hydrogen-bond donors (Lipinski definition) is 2. The molecule has 8 nitrogen and oxygen atoms in total. The molecule has 29 heavy (non-hydrogen) atoms. The average molecular weight is 409 g/mol. The summed E-state index contributed by atoms with van der Waals surface area (Å²) >= 11 is 1.54. The Morgan fingerprint density at radius 3 is 2.79 bits per heavy atom. The smallest absolute Gasteiger partial charge is 0.236 e. The van der Waals surface area contributed by atoms with Crippen molar-refractivity contribution >= 4 is 17.2 Å². The van der Waals surface area contributed by atoms with E-state index < -0.39 is 0 Å². The van der Waals surface area contributed by atoms with E-state index in [4.69, 9.17) is 9.15 Å². The summed E-state index contributed by atoms with van der Waals surface area (Å²) in [6.45, 7) is 2.06. The number of methoxy groups -OCH3 is 1. The molecule has 0 bridgehead atoms. The molecule has 0 aliphatic rings. The summed E-state index contributed by atoms with van der Waals surface area (Å²) in [6.07, 6.45) is 0.139. The summed E-state index contributed by atoms with van der Waals surface area (Å²) in [4.78, 5) is 22.1. The Bertz CT molecular complexity index is 1100. The van der Waals surface area contributed by atoms with Gasteiger partial charge in [-0.05, 0) is 42.6 Å². The van der Waals surface area contributed by atoms with Crippen LogP contribution < -0.4 is 10.1 Å². The average Bonchev–Trinajstić information content (AvgIpc) is 3.48. The predicted octanol–water partition coefficient (Wildman–Crippen LogP) is 3.36. The molecule has 2 N–H and O–H groups in total. The van der Waals surface area contributed by atoms with Gasteiger partial charge in [0.1, 0.15) is 17.3 Å². The molecular weight excluding hydrogens is 390 g/mol. The fourth-order valence-corrected chi connectivity index (χ4v) is 3.39. The number of carbonyl (C=O) groups is 1. The molecule has 0 saturated carbocycles. The van der Waals surface area contributed by atoms with E-state index in [1.807, 2.05) is 48.7 Å². The Morgan fingerprint density at radius 1 is 1.24 bits per heavy atom. The first-order chi connectivity index (χ1) is 14.1. The Morgan fingerprint density at radius 2 is 2.07 bits per heavy atom. The molecule has 4 aromatic rings. The predicted molar refractivity (Wildman–Crippen MR) is 108 cm³/mol. The van der Waals surface area contributed by atoms with Gasteiger partial charge in [0.25, 0.3) is 0 Å². The highest BCUT2D eigenvalue weighted by atomic mass is 32.1.